The minimum atomic E-state index is 0.352. The van der Waals surface area contributed by atoms with Crippen molar-refractivity contribution in [2.75, 3.05) is 40.3 Å². The molecule has 0 aromatic rings. The van der Waals surface area contributed by atoms with Gasteiger partial charge in [0.25, 0.3) is 0 Å². The van der Waals surface area contributed by atoms with Crippen molar-refractivity contribution in [3.05, 3.63) is 0 Å². The Bertz CT molecular complexity index is 293. The van der Waals surface area contributed by atoms with E-state index in [0.717, 1.165) is 6.04 Å². The number of likely N-dealkylation sites (N-methyl/N-ethyl adjacent to an activating group) is 1. The van der Waals surface area contributed by atoms with E-state index in [1.807, 2.05) is 0 Å². The summed E-state index contributed by atoms with van der Waals surface area (Å²) in [6, 6.07) is 0.768. The van der Waals surface area contributed by atoms with Crippen LogP contribution >= 0.6 is 0 Å². The maximum atomic E-state index is 2.57. The van der Waals surface area contributed by atoms with Gasteiger partial charge in [0.1, 0.15) is 0 Å². The molecule has 0 aromatic carbocycles. The summed E-state index contributed by atoms with van der Waals surface area (Å²) in [5, 5.41) is 0. The molecule has 0 saturated carbocycles. The summed E-state index contributed by atoms with van der Waals surface area (Å²) in [5.41, 5.74) is 0.765. The van der Waals surface area contributed by atoms with Crippen LogP contribution in [-0.2, 0) is 0 Å². The topological polar surface area (TPSA) is 9.72 Å². The predicted octanol–water partition coefficient (Wildman–Crippen LogP) is 3.30. The average molecular weight is 298 g/mol. The molecule has 0 unspecified atom stereocenters. The second-order valence-corrected chi connectivity index (χ2v) is 8.89. The van der Waals surface area contributed by atoms with Gasteiger partial charge in [-0.2, -0.15) is 0 Å². The molecule has 0 N–H and O–H groups in total. The summed E-state index contributed by atoms with van der Waals surface area (Å²) >= 11 is 0. The quantitative estimate of drug-likeness (QED) is 0.735. The van der Waals surface area contributed by atoms with Crippen LogP contribution in [0.5, 0.6) is 0 Å². The van der Waals surface area contributed by atoms with Crippen molar-refractivity contribution in [3.8, 4) is 0 Å². The van der Waals surface area contributed by atoms with Gasteiger partial charge in [0, 0.05) is 30.2 Å². The largest absolute Gasteiger partial charge is 0.305 e. The predicted molar refractivity (Wildman–Crippen MR) is 94.0 cm³/mol. The maximum Gasteiger partial charge on any atom is 0.0229 e. The van der Waals surface area contributed by atoms with Gasteiger partial charge in [0.15, 0.2) is 0 Å². The lowest BCUT2D eigenvalue weighted by Crippen LogP contribution is -2.41. The van der Waals surface area contributed by atoms with Crippen molar-refractivity contribution in [2.24, 2.45) is 0 Å². The molecule has 2 rings (SSSR count). The molecule has 0 aromatic heterocycles. The van der Waals surface area contributed by atoms with E-state index >= 15 is 0 Å². The Morgan fingerprint density at radius 3 is 1.48 bits per heavy atom. The molecule has 2 aliphatic rings. The fourth-order valence-electron chi connectivity index (χ4n) is 3.16. The van der Waals surface area contributed by atoms with E-state index in [1.54, 1.807) is 0 Å². The first-order valence-corrected chi connectivity index (χ1v) is 8.68. The molecule has 126 valence electrons. The molecule has 2 fully saturated rings. The lowest BCUT2D eigenvalue weighted by Gasteiger charge is -2.32. The Labute approximate surface area is 133 Å². The van der Waals surface area contributed by atoms with E-state index in [9.17, 15) is 0 Å². The van der Waals surface area contributed by atoms with Gasteiger partial charge in [-0.05, 0) is 88.0 Å². The summed E-state index contributed by atoms with van der Waals surface area (Å²) in [6.45, 7) is 18.9. The second kappa shape index (κ2) is 7.43. The number of hydrogen-bond acceptors (Lipinski definition) is 3. The summed E-state index contributed by atoms with van der Waals surface area (Å²) in [7, 11) is 4.35. The molecule has 0 amide bonds. The van der Waals surface area contributed by atoms with Crippen LogP contribution < -0.4 is 0 Å². The smallest absolute Gasteiger partial charge is 0.0229 e. The zero-order chi connectivity index (χ0) is 16.3. The molecule has 0 radical (unpaired) electrons. The number of nitrogens with zero attached hydrogens (tertiary/aromatic N) is 3. The van der Waals surface area contributed by atoms with Crippen molar-refractivity contribution in [3.63, 3.8) is 0 Å². The summed E-state index contributed by atoms with van der Waals surface area (Å²) in [4.78, 5) is 7.45. The van der Waals surface area contributed by atoms with Gasteiger partial charge in [-0.1, -0.05) is 0 Å². The Morgan fingerprint density at radius 2 is 1.24 bits per heavy atom. The molecule has 3 nitrogen and oxygen atoms in total. The monoisotopic (exact) mass is 297 g/mol. The van der Waals surface area contributed by atoms with Crippen molar-refractivity contribution >= 4 is 0 Å². The molecule has 1 atom stereocenters. The van der Waals surface area contributed by atoms with Gasteiger partial charge in [0.2, 0.25) is 0 Å². The highest BCUT2D eigenvalue weighted by Gasteiger charge is 2.30. The zero-order valence-electron chi connectivity index (χ0n) is 15.9. The van der Waals surface area contributed by atoms with Crippen LogP contribution in [-0.4, -0.2) is 72.1 Å². The SMILES string of the molecule is CC(C)(C)N1CCCC1.CN(C)[C@@H]1CCN(C(C)(C)C)C1. The van der Waals surface area contributed by atoms with Gasteiger partial charge in [-0.3, -0.25) is 9.80 Å². The number of hydrogen-bond donors (Lipinski definition) is 0. The van der Waals surface area contributed by atoms with Crippen LogP contribution in [0.25, 0.3) is 0 Å². The first kappa shape index (κ1) is 18.9. The van der Waals surface area contributed by atoms with Gasteiger partial charge >= 0.3 is 0 Å². The number of rotatable bonds is 1. The van der Waals surface area contributed by atoms with Gasteiger partial charge in [-0.25, -0.2) is 0 Å². The van der Waals surface area contributed by atoms with Crippen molar-refractivity contribution in [1.29, 1.82) is 0 Å². The lowest BCUT2D eigenvalue weighted by molar-refractivity contribution is 0.159. The fraction of sp³-hybridized carbons (Fsp3) is 1.00. The van der Waals surface area contributed by atoms with E-state index in [2.05, 4.69) is 70.3 Å². The summed E-state index contributed by atoms with van der Waals surface area (Å²) in [5.74, 6) is 0. The molecule has 2 aliphatic heterocycles. The van der Waals surface area contributed by atoms with Crippen LogP contribution in [0.2, 0.25) is 0 Å². The van der Waals surface area contributed by atoms with E-state index in [4.69, 9.17) is 0 Å². The van der Waals surface area contributed by atoms with E-state index in [-0.39, 0.29) is 0 Å². The molecule has 3 heteroatoms. The highest BCUT2D eigenvalue weighted by Crippen LogP contribution is 2.22. The van der Waals surface area contributed by atoms with E-state index < -0.39 is 0 Å². The van der Waals surface area contributed by atoms with Crippen molar-refractivity contribution < 1.29 is 0 Å². The third kappa shape index (κ3) is 6.25. The van der Waals surface area contributed by atoms with Gasteiger partial charge < -0.3 is 4.90 Å². The molecule has 0 spiro atoms. The van der Waals surface area contributed by atoms with Crippen LogP contribution in [0.4, 0.5) is 0 Å². The van der Waals surface area contributed by atoms with E-state index in [0.29, 0.717) is 11.1 Å². The molecule has 2 heterocycles. The molecular weight excluding hydrogens is 258 g/mol. The third-order valence-electron chi connectivity index (χ3n) is 4.90. The lowest BCUT2D eigenvalue weighted by atomic mass is 10.1. The highest BCUT2D eigenvalue weighted by atomic mass is 15.3. The van der Waals surface area contributed by atoms with Crippen LogP contribution in [0.1, 0.15) is 60.8 Å². The molecular formula is C18H39N3. The summed E-state index contributed by atoms with van der Waals surface area (Å²) in [6.07, 6.45) is 4.12. The van der Waals surface area contributed by atoms with E-state index in [1.165, 1.54) is 45.4 Å². The first-order chi connectivity index (χ1) is 9.51. The first-order valence-electron chi connectivity index (χ1n) is 8.68. The Hall–Kier alpha value is -0.120. The highest BCUT2D eigenvalue weighted by molar-refractivity contribution is 4.87. The zero-order valence-corrected chi connectivity index (χ0v) is 15.9. The Kier molecular flexibility index (Phi) is 6.70. The number of likely N-dealkylation sites (tertiary alicyclic amines) is 2. The summed E-state index contributed by atoms with van der Waals surface area (Å²) < 4.78 is 0. The van der Waals surface area contributed by atoms with Crippen LogP contribution in [0.15, 0.2) is 0 Å². The molecule has 21 heavy (non-hydrogen) atoms. The minimum absolute atomic E-state index is 0.352. The molecule has 0 aliphatic carbocycles. The fourth-order valence-corrected chi connectivity index (χ4v) is 3.16. The minimum Gasteiger partial charge on any atom is -0.305 e. The molecule has 2 saturated heterocycles. The maximum absolute atomic E-state index is 2.57. The average Bonchev–Trinajstić information content (AvgIpc) is 3.00. The van der Waals surface area contributed by atoms with Gasteiger partial charge in [-0.15, -0.1) is 0 Å². The standard InChI is InChI=1S/C10H22N2.C8H17N/c1-10(2,3)12-7-6-9(8-12)11(4)5;1-8(2,3)9-6-4-5-7-9/h9H,6-8H2,1-5H3;4-7H2,1-3H3/t9-;/m1./s1. The Balaban J connectivity index is 0.000000219. The Morgan fingerprint density at radius 1 is 0.762 bits per heavy atom. The third-order valence-corrected chi connectivity index (χ3v) is 4.90. The molecule has 0 bridgehead atoms. The van der Waals surface area contributed by atoms with Gasteiger partial charge in [0.05, 0.1) is 0 Å². The van der Waals surface area contributed by atoms with Crippen LogP contribution in [0, 0.1) is 0 Å². The van der Waals surface area contributed by atoms with Crippen LogP contribution in [0.3, 0.4) is 0 Å². The van der Waals surface area contributed by atoms with Crippen molar-refractivity contribution in [1.82, 2.24) is 14.7 Å². The normalized spacial score (nSPS) is 25.3. The second-order valence-electron chi connectivity index (χ2n) is 8.89. The van der Waals surface area contributed by atoms with Crippen molar-refractivity contribution in [2.45, 2.75) is 77.9 Å².